The van der Waals surface area contributed by atoms with Crippen LogP contribution in [0.5, 0.6) is 0 Å². The van der Waals surface area contributed by atoms with Crippen molar-refractivity contribution < 1.29 is 13.0 Å². The van der Waals surface area contributed by atoms with Crippen LogP contribution in [0.4, 0.5) is 0 Å². The van der Waals surface area contributed by atoms with Gasteiger partial charge in [-0.2, -0.15) is 8.42 Å². The van der Waals surface area contributed by atoms with Crippen molar-refractivity contribution in [1.29, 1.82) is 0 Å². The smallest absolute Gasteiger partial charge is 0.265 e. The number of rotatable bonds is 3. The van der Waals surface area contributed by atoms with E-state index in [4.69, 9.17) is 4.55 Å². The lowest BCUT2D eigenvalue weighted by Crippen LogP contribution is -2.36. The zero-order valence-corrected chi connectivity index (χ0v) is 12.3. The van der Waals surface area contributed by atoms with Crippen LogP contribution in [0.15, 0.2) is 0 Å². The molecule has 0 aliphatic heterocycles. The van der Waals surface area contributed by atoms with E-state index in [0.717, 1.165) is 35.5 Å². The minimum absolute atomic E-state index is 0.0353. The van der Waals surface area contributed by atoms with Crippen LogP contribution in [0.3, 0.4) is 0 Å². The highest BCUT2D eigenvalue weighted by Crippen LogP contribution is 2.69. The molecule has 4 heteroatoms. The molecule has 0 radical (unpaired) electrons. The number of hydrogen-bond acceptors (Lipinski definition) is 2. The topological polar surface area (TPSA) is 54.4 Å². The van der Waals surface area contributed by atoms with Gasteiger partial charge >= 0.3 is 0 Å². The lowest BCUT2D eigenvalue weighted by molar-refractivity contribution is 0.0844. The van der Waals surface area contributed by atoms with Gasteiger partial charge in [-0.3, -0.25) is 4.55 Å². The Labute approximate surface area is 115 Å². The van der Waals surface area contributed by atoms with E-state index in [1.807, 2.05) is 6.92 Å². The molecule has 3 nitrogen and oxygen atoms in total. The molecule has 108 valence electrons. The van der Waals surface area contributed by atoms with Crippen molar-refractivity contribution in [3.05, 3.63) is 0 Å². The van der Waals surface area contributed by atoms with Crippen LogP contribution in [-0.4, -0.2) is 18.7 Å². The molecule has 0 amide bonds. The first-order valence-corrected chi connectivity index (χ1v) is 9.50. The van der Waals surface area contributed by atoms with Gasteiger partial charge in [0.15, 0.2) is 0 Å². The van der Waals surface area contributed by atoms with Gasteiger partial charge in [0, 0.05) is 0 Å². The van der Waals surface area contributed by atoms with E-state index in [1.165, 1.54) is 32.1 Å². The zero-order valence-electron chi connectivity index (χ0n) is 11.5. The van der Waals surface area contributed by atoms with Gasteiger partial charge in [0.05, 0.1) is 5.75 Å². The summed E-state index contributed by atoms with van der Waals surface area (Å²) in [6.07, 6.45) is 6.92. The second kappa shape index (κ2) is 3.97. The highest BCUT2D eigenvalue weighted by molar-refractivity contribution is 7.85. The van der Waals surface area contributed by atoms with Crippen LogP contribution in [0.25, 0.3) is 0 Å². The molecule has 4 aliphatic carbocycles. The standard InChI is InChI=1S/C15H24O3S/c1-8(7-19(16,17)18)12-5-11-6-13(12)15-10-3-2-9(4-10)14(11)15/h8-15H,2-7H2,1H3,(H,16,17,18). The van der Waals surface area contributed by atoms with Crippen molar-refractivity contribution in [3.63, 3.8) is 0 Å². The maximum absolute atomic E-state index is 11.1. The molecule has 8 atom stereocenters. The Bertz CT molecular complexity index is 486. The Kier molecular flexibility index (Phi) is 2.64. The lowest BCUT2D eigenvalue weighted by atomic mass is 9.65. The zero-order chi connectivity index (χ0) is 13.4. The summed E-state index contributed by atoms with van der Waals surface area (Å²) < 4.78 is 31.3. The summed E-state index contributed by atoms with van der Waals surface area (Å²) in [6.45, 7) is 2.03. The highest BCUT2D eigenvalue weighted by atomic mass is 32.2. The molecular formula is C15H24O3S. The summed E-state index contributed by atoms with van der Waals surface area (Å²) in [5.41, 5.74) is 0. The number of fused-ring (bicyclic) bond motifs is 9. The fraction of sp³-hybridized carbons (Fsp3) is 1.00. The molecular weight excluding hydrogens is 260 g/mol. The molecule has 4 saturated carbocycles. The largest absolute Gasteiger partial charge is 0.286 e. The van der Waals surface area contributed by atoms with E-state index in [2.05, 4.69) is 0 Å². The molecule has 0 saturated heterocycles. The van der Waals surface area contributed by atoms with Crippen LogP contribution < -0.4 is 0 Å². The second-order valence-electron chi connectivity index (χ2n) is 7.77. The van der Waals surface area contributed by atoms with E-state index in [0.29, 0.717) is 5.92 Å². The molecule has 0 aromatic rings. The third kappa shape index (κ3) is 1.82. The third-order valence-corrected chi connectivity index (χ3v) is 7.94. The molecule has 19 heavy (non-hydrogen) atoms. The van der Waals surface area contributed by atoms with Gasteiger partial charge in [-0.15, -0.1) is 0 Å². The summed E-state index contributed by atoms with van der Waals surface area (Å²) in [4.78, 5) is 0. The molecule has 1 N–H and O–H groups in total. The van der Waals surface area contributed by atoms with Crippen molar-refractivity contribution in [2.24, 2.45) is 47.3 Å². The molecule has 0 aromatic carbocycles. The minimum atomic E-state index is -3.81. The first-order valence-electron chi connectivity index (χ1n) is 7.89. The van der Waals surface area contributed by atoms with Crippen molar-refractivity contribution in [2.75, 3.05) is 5.75 Å². The summed E-state index contributed by atoms with van der Waals surface area (Å²) in [5, 5.41) is 0. The van der Waals surface area contributed by atoms with Crippen LogP contribution in [0, 0.1) is 47.3 Å². The fourth-order valence-electron chi connectivity index (χ4n) is 6.73. The molecule has 8 unspecified atom stereocenters. The van der Waals surface area contributed by atoms with Crippen LogP contribution >= 0.6 is 0 Å². The van der Waals surface area contributed by atoms with Gasteiger partial charge in [-0.1, -0.05) is 6.92 Å². The second-order valence-corrected chi connectivity index (χ2v) is 9.27. The van der Waals surface area contributed by atoms with E-state index < -0.39 is 10.1 Å². The first-order chi connectivity index (χ1) is 8.94. The molecule has 4 fully saturated rings. The Morgan fingerprint density at radius 1 is 1.05 bits per heavy atom. The molecule has 0 spiro atoms. The highest BCUT2D eigenvalue weighted by Gasteiger charge is 2.62. The minimum Gasteiger partial charge on any atom is -0.286 e. The molecule has 0 heterocycles. The van der Waals surface area contributed by atoms with E-state index in [9.17, 15) is 8.42 Å². The fourth-order valence-corrected chi connectivity index (χ4v) is 7.64. The Hall–Kier alpha value is -0.0900. The molecule has 4 rings (SSSR count). The monoisotopic (exact) mass is 284 g/mol. The van der Waals surface area contributed by atoms with Gasteiger partial charge in [0.2, 0.25) is 0 Å². The molecule has 4 bridgehead atoms. The maximum Gasteiger partial charge on any atom is 0.265 e. The van der Waals surface area contributed by atoms with Crippen molar-refractivity contribution >= 4 is 10.1 Å². The van der Waals surface area contributed by atoms with Crippen LogP contribution in [-0.2, 0) is 10.1 Å². The van der Waals surface area contributed by atoms with Crippen molar-refractivity contribution in [1.82, 2.24) is 0 Å². The predicted molar refractivity (Wildman–Crippen MR) is 73.1 cm³/mol. The summed E-state index contributed by atoms with van der Waals surface area (Å²) in [6, 6.07) is 0. The van der Waals surface area contributed by atoms with Gasteiger partial charge in [0.25, 0.3) is 10.1 Å². The van der Waals surface area contributed by atoms with Crippen LogP contribution in [0.1, 0.15) is 39.0 Å². The van der Waals surface area contributed by atoms with Gasteiger partial charge in [0.1, 0.15) is 0 Å². The SMILES string of the molecule is CC(CS(=O)(=O)O)C1CC2CC1C1C3CCC(C3)C21. The van der Waals surface area contributed by atoms with Gasteiger partial charge in [-0.25, -0.2) is 0 Å². The predicted octanol–water partition coefficient (Wildman–Crippen LogP) is 2.83. The lowest BCUT2D eigenvalue weighted by Gasteiger charge is -2.40. The summed E-state index contributed by atoms with van der Waals surface area (Å²) in [7, 11) is -3.81. The summed E-state index contributed by atoms with van der Waals surface area (Å²) in [5.74, 6) is 6.13. The van der Waals surface area contributed by atoms with Crippen molar-refractivity contribution in [2.45, 2.75) is 39.0 Å². The molecule has 4 aliphatic rings. The average Bonchev–Trinajstić information content (AvgIpc) is 3.04. The van der Waals surface area contributed by atoms with E-state index >= 15 is 0 Å². The van der Waals surface area contributed by atoms with E-state index in [1.54, 1.807) is 0 Å². The van der Waals surface area contributed by atoms with Gasteiger partial charge in [-0.05, 0) is 79.4 Å². The Balaban J connectivity index is 1.53. The van der Waals surface area contributed by atoms with Crippen LogP contribution in [0.2, 0.25) is 0 Å². The van der Waals surface area contributed by atoms with E-state index in [-0.39, 0.29) is 11.7 Å². The van der Waals surface area contributed by atoms with Gasteiger partial charge < -0.3 is 0 Å². The third-order valence-electron chi connectivity index (χ3n) is 6.99. The molecule has 0 aromatic heterocycles. The van der Waals surface area contributed by atoms with Crippen molar-refractivity contribution in [3.8, 4) is 0 Å². The maximum atomic E-state index is 11.1. The Morgan fingerprint density at radius 3 is 2.42 bits per heavy atom. The Morgan fingerprint density at radius 2 is 1.74 bits per heavy atom. The normalized spacial score (nSPS) is 52.6. The first kappa shape index (κ1) is 12.6. The number of hydrogen-bond donors (Lipinski definition) is 1. The average molecular weight is 284 g/mol. The quantitative estimate of drug-likeness (QED) is 0.640. The summed E-state index contributed by atoms with van der Waals surface area (Å²) >= 11 is 0.